The molecule has 0 N–H and O–H groups in total. The summed E-state index contributed by atoms with van der Waals surface area (Å²) in [6, 6.07) is 0. The van der Waals surface area contributed by atoms with Gasteiger partial charge in [0.15, 0.2) is 0 Å². The summed E-state index contributed by atoms with van der Waals surface area (Å²) in [7, 11) is 0. The van der Waals surface area contributed by atoms with Crippen LogP contribution < -0.4 is 24.8 Å². The van der Waals surface area contributed by atoms with Crippen molar-refractivity contribution in [3.05, 3.63) is 74.4 Å². The molecule has 4 heteroatoms. The quantitative estimate of drug-likeness (QED) is 0.352. The second kappa shape index (κ2) is 10.5. The molecule has 1 aromatic rings. The zero-order valence-electron chi connectivity index (χ0n) is 20.3. The van der Waals surface area contributed by atoms with Crippen molar-refractivity contribution < 1.29 is 55.8 Å². The van der Waals surface area contributed by atoms with Crippen molar-refractivity contribution in [2.45, 2.75) is 61.8 Å². The number of ketones is 1. The van der Waals surface area contributed by atoms with Crippen molar-refractivity contribution in [1.29, 1.82) is 0 Å². The van der Waals surface area contributed by atoms with Crippen molar-refractivity contribution in [2.75, 3.05) is 0 Å². The van der Waals surface area contributed by atoms with Crippen LogP contribution in [0.1, 0.15) is 61.3 Å². The standard InChI is InChI=1S/C28H31O.2ClH.Zr/c1-14-15(2)17(4)26-23(16(14)3)20(7)24-21(8)25(18(5)19(6)27(24)26)28(29)22-12-10-9-11-13-22;;;/h9-12,22H,13H2,1-8H3;2*1H;/q-1;;;+3/p-2. The Morgan fingerprint density at radius 1 is 0.781 bits per heavy atom. The molecule has 0 saturated heterocycles. The number of aryl methyl sites for hydroxylation is 3. The Morgan fingerprint density at radius 2 is 1.34 bits per heavy atom. The summed E-state index contributed by atoms with van der Waals surface area (Å²) in [4.78, 5) is 13.5. The molecule has 3 aliphatic carbocycles. The number of hydrogen-bond donors (Lipinski definition) is 0. The van der Waals surface area contributed by atoms with Gasteiger partial charge >= 0.3 is 26.2 Å². The first-order chi connectivity index (χ1) is 13.7. The van der Waals surface area contributed by atoms with Crippen LogP contribution in [0.25, 0.3) is 21.9 Å². The Kier molecular flexibility index (Phi) is 9.46. The molecule has 1 aromatic carbocycles. The fourth-order valence-electron chi connectivity index (χ4n) is 5.49. The molecule has 1 unspecified atom stereocenters. The summed E-state index contributed by atoms with van der Waals surface area (Å²) in [5.41, 5.74) is 14.0. The summed E-state index contributed by atoms with van der Waals surface area (Å²) in [5, 5.41) is 2.78. The van der Waals surface area contributed by atoms with Crippen LogP contribution in [0.2, 0.25) is 0 Å². The van der Waals surface area contributed by atoms with Crippen LogP contribution in [0.5, 0.6) is 0 Å². The Labute approximate surface area is 224 Å². The molecule has 32 heavy (non-hydrogen) atoms. The van der Waals surface area contributed by atoms with Crippen molar-refractivity contribution >= 4 is 16.6 Å². The minimum absolute atomic E-state index is 0. The minimum Gasteiger partial charge on any atom is -1.00 e. The smallest absolute Gasteiger partial charge is 1.00 e. The van der Waals surface area contributed by atoms with Crippen LogP contribution in [0.4, 0.5) is 0 Å². The molecule has 1 atom stereocenters. The summed E-state index contributed by atoms with van der Waals surface area (Å²) < 4.78 is 0. The summed E-state index contributed by atoms with van der Waals surface area (Å²) >= 11 is 0. The third kappa shape index (κ3) is 4.02. The number of fused-ring (bicyclic) bond motifs is 3. The van der Waals surface area contributed by atoms with E-state index in [1.54, 1.807) is 0 Å². The van der Waals surface area contributed by atoms with Crippen LogP contribution in [0.15, 0.2) is 24.3 Å². The normalized spacial score (nSPS) is 14.8. The van der Waals surface area contributed by atoms with E-state index in [0.717, 1.165) is 23.1 Å². The summed E-state index contributed by atoms with van der Waals surface area (Å²) in [5.74, 6) is 0.211. The molecule has 0 aliphatic heterocycles. The average Bonchev–Trinajstić information content (AvgIpc) is 3.03. The molecule has 0 saturated carbocycles. The molecule has 0 bridgehead atoms. The fourth-order valence-corrected chi connectivity index (χ4v) is 5.49. The third-order valence-electron chi connectivity index (χ3n) is 7.56. The van der Waals surface area contributed by atoms with E-state index in [1.165, 1.54) is 55.3 Å². The third-order valence-corrected chi connectivity index (χ3v) is 7.56. The molecule has 1 radical (unpaired) electrons. The van der Waals surface area contributed by atoms with Gasteiger partial charge < -0.3 is 29.6 Å². The predicted molar refractivity (Wildman–Crippen MR) is 125 cm³/mol. The van der Waals surface area contributed by atoms with E-state index >= 15 is 0 Å². The van der Waals surface area contributed by atoms with Crippen LogP contribution in [0, 0.1) is 61.3 Å². The number of benzene rings is 2. The second-order valence-electron chi connectivity index (χ2n) is 8.89. The van der Waals surface area contributed by atoms with Gasteiger partial charge in [-0.3, -0.25) is 0 Å². The van der Waals surface area contributed by atoms with Gasteiger partial charge in [0, 0.05) is 5.92 Å². The number of allylic oxidation sites excluding steroid dienone is 4. The van der Waals surface area contributed by atoms with Gasteiger partial charge in [-0.1, -0.05) is 74.1 Å². The molecule has 0 amide bonds. The Morgan fingerprint density at radius 3 is 1.88 bits per heavy atom. The van der Waals surface area contributed by atoms with E-state index in [9.17, 15) is 4.79 Å². The molecule has 3 aliphatic rings. The van der Waals surface area contributed by atoms with E-state index in [2.05, 4.69) is 67.5 Å². The van der Waals surface area contributed by atoms with Crippen LogP contribution in [-0.4, -0.2) is 5.78 Å². The largest absolute Gasteiger partial charge is 3.00 e. The van der Waals surface area contributed by atoms with Gasteiger partial charge in [-0.05, 0) is 61.8 Å². The van der Waals surface area contributed by atoms with E-state index in [4.69, 9.17) is 0 Å². The average molecular weight is 546 g/mol. The first kappa shape index (κ1) is 29.0. The molecular weight excluding hydrogens is 514 g/mol. The maximum atomic E-state index is 13.5. The predicted octanol–water partition coefficient (Wildman–Crippen LogP) is 1.45. The Bertz CT molecular complexity index is 1230. The van der Waals surface area contributed by atoms with Gasteiger partial charge in [0.25, 0.3) is 0 Å². The fraction of sp³-hybridized carbons (Fsp3) is 0.357. The number of halogens is 2. The van der Waals surface area contributed by atoms with Gasteiger partial charge in [-0.2, -0.15) is 0 Å². The molecule has 4 rings (SSSR count). The van der Waals surface area contributed by atoms with Gasteiger partial charge in [0.05, 0.1) is 0 Å². The molecule has 0 fully saturated rings. The van der Waals surface area contributed by atoms with Crippen LogP contribution in [-0.2, 0) is 26.2 Å². The zero-order chi connectivity index (χ0) is 21.2. The van der Waals surface area contributed by atoms with E-state index in [1.807, 2.05) is 12.2 Å². The number of carbonyl (C=O) groups excluding carboxylic acids is 1. The van der Waals surface area contributed by atoms with Crippen molar-refractivity contribution in [3.8, 4) is 11.1 Å². The van der Waals surface area contributed by atoms with Gasteiger partial charge in [0.1, 0.15) is 5.78 Å². The van der Waals surface area contributed by atoms with Crippen molar-refractivity contribution in [2.24, 2.45) is 5.92 Å². The summed E-state index contributed by atoms with van der Waals surface area (Å²) in [6.07, 6.45) is 8.98. The Hall–Kier alpha value is -1.08. The zero-order valence-corrected chi connectivity index (χ0v) is 24.2. The number of carbonyl (C=O) groups is 1. The van der Waals surface area contributed by atoms with Crippen LogP contribution >= 0.6 is 0 Å². The topological polar surface area (TPSA) is 17.1 Å². The molecule has 167 valence electrons. The van der Waals surface area contributed by atoms with Gasteiger partial charge in [0.2, 0.25) is 0 Å². The first-order valence-electron chi connectivity index (χ1n) is 10.6. The Balaban J connectivity index is 0.00000171. The maximum absolute atomic E-state index is 13.5. The van der Waals surface area contributed by atoms with Gasteiger partial charge in [-0.25, -0.2) is 0 Å². The van der Waals surface area contributed by atoms with E-state index < -0.39 is 0 Å². The molecule has 0 heterocycles. The molecule has 0 aromatic heterocycles. The van der Waals surface area contributed by atoms with Crippen molar-refractivity contribution in [1.82, 2.24) is 0 Å². The molecular formula is C28H31Cl2OZr. The second-order valence-corrected chi connectivity index (χ2v) is 8.89. The number of hydrogen-bond acceptors (Lipinski definition) is 1. The monoisotopic (exact) mass is 543 g/mol. The van der Waals surface area contributed by atoms with Gasteiger partial charge in [-0.15, -0.1) is 22.3 Å². The number of rotatable bonds is 2. The molecule has 0 spiro atoms. The first-order valence-corrected chi connectivity index (χ1v) is 10.6. The number of Topliss-reactive ketones (excluding diaryl/α,β-unsaturated/α-hetero) is 1. The molecule has 1 nitrogen and oxygen atoms in total. The van der Waals surface area contributed by atoms with E-state index in [0.29, 0.717) is 0 Å². The van der Waals surface area contributed by atoms with Crippen LogP contribution in [0.3, 0.4) is 0 Å². The van der Waals surface area contributed by atoms with E-state index in [-0.39, 0.29) is 62.7 Å². The SMILES string of the molecule is Cc1c(C)c(C)c2c3c(C)c(C)c(C(=O)C4C=CC=CC4)[c-](C)c-3c(C)c2c1C.[Cl-].[Cl-].[Zr+3]. The summed E-state index contributed by atoms with van der Waals surface area (Å²) in [6.45, 7) is 17.7. The van der Waals surface area contributed by atoms with Crippen molar-refractivity contribution in [3.63, 3.8) is 0 Å². The maximum Gasteiger partial charge on any atom is 3.00 e. The minimum atomic E-state index is -0.0492.